The molecule has 0 fully saturated rings. The molecule has 0 bridgehead atoms. The molecule has 0 aliphatic carbocycles. The number of aromatic nitrogens is 1. The summed E-state index contributed by atoms with van der Waals surface area (Å²) in [6.45, 7) is 3.35. The number of hydrogen-bond acceptors (Lipinski definition) is 5. The van der Waals surface area contributed by atoms with Gasteiger partial charge in [-0.3, -0.25) is 4.79 Å². The van der Waals surface area contributed by atoms with Crippen molar-refractivity contribution in [3.05, 3.63) is 16.1 Å². The zero-order valence-electron chi connectivity index (χ0n) is 8.99. The molecule has 4 nitrogen and oxygen atoms in total. The Hall–Kier alpha value is -0.780. The van der Waals surface area contributed by atoms with Gasteiger partial charge in [-0.25, -0.2) is 4.98 Å². The van der Waals surface area contributed by atoms with Gasteiger partial charge < -0.3 is 9.47 Å². The third-order valence-electron chi connectivity index (χ3n) is 1.80. The van der Waals surface area contributed by atoms with Gasteiger partial charge in [-0.1, -0.05) is 0 Å². The minimum Gasteiger partial charge on any atom is -0.382 e. The Kier molecular flexibility index (Phi) is 5.45. The van der Waals surface area contributed by atoms with Crippen molar-refractivity contribution in [2.24, 2.45) is 0 Å². The lowest BCUT2D eigenvalue weighted by Crippen LogP contribution is -2.05. The van der Waals surface area contributed by atoms with Crippen LogP contribution in [0.3, 0.4) is 0 Å². The standard InChI is InChI=1S/C10H15NO3S/c1-8(12)9-7-15-10(11-9)3-4-14-6-5-13-2/h7H,3-6H2,1-2H3. The number of ether oxygens (including phenoxy) is 2. The maximum Gasteiger partial charge on any atom is 0.178 e. The highest BCUT2D eigenvalue weighted by Crippen LogP contribution is 2.10. The number of methoxy groups -OCH3 is 1. The summed E-state index contributed by atoms with van der Waals surface area (Å²) in [4.78, 5) is 15.2. The number of thiazole rings is 1. The maximum atomic E-state index is 11.0. The lowest BCUT2D eigenvalue weighted by atomic mass is 10.3. The molecular weight excluding hydrogens is 214 g/mol. The van der Waals surface area contributed by atoms with Crippen molar-refractivity contribution < 1.29 is 14.3 Å². The van der Waals surface area contributed by atoms with Crippen LogP contribution >= 0.6 is 11.3 Å². The molecule has 1 aromatic rings. The first-order chi connectivity index (χ1) is 7.24. The van der Waals surface area contributed by atoms with Crippen LogP contribution in [0, 0.1) is 0 Å². The molecule has 0 N–H and O–H groups in total. The van der Waals surface area contributed by atoms with Crippen molar-refractivity contribution >= 4 is 17.1 Å². The van der Waals surface area contributed by atoms with Gasteiger partial charge in [-0.05, 0) is 0 Å². The molecule has 0 unspecified atom stereocenters. The summed E-state index contributed by atoms with van der Waals surface area (Å²) >= 11 is 1.50. The van der Waals surface area contributed by atoms with Gasteiger partial charge in [0.05, 0.1) is 24.8 Å². The Morgan fingerprint density at radius 1 is 1.47 bits per heavy atom. The quantitative estimate of drug-likeness (QED) is 0.526. The summed E-state index contributed by atoms with van der Waals surface area (Å²) in [5.74, 6) is 0.0119. The van der Waals surface area contributed by atoms with Gasteiger partial charge >= 0.3 is 0 Å². The van der Waals surface area contributed by atoms with E-state index in [1.807, 2.05) is 0 Å². The van der Waals surface area contributed by atoms with Crippen LogP contribution < -0.4 is 0 Å². The highest BCUT2D eigenvalue weighted by molar-refractivity contribution is 7.09. The molecule has 0 radical (unpaired) electrons. The third-order valence-corrected chi connectivity index (χ3v) is 2.71. The van der Waals surface area contributed by atoms with Crippen LogP contribution in [-0.4, -0.2) is 37.7 Å². The average molecular weight is 229 g/mol. The summed E-state index contributed by atoms with van der Waals surface area (Å²) in [6, 6.07) is 0. The molecule has 0 aliphatic heterocycles. The number of nitrogens with zero attached hydrogens (tertiary/aromatic N) is 1. The Bertz CT molecular complexity index is 311. The fourth-order valence-electron chi connectivity index (χ4n) is 0.991. The van der Waals surface area contributed by atoms with Crippen LogP contribution in [-0.2, 0) is 15.9 Å². The Morgan fingerprint density at radius 2 is 2.27 bits per heavy atom. The van der Waals surface area contributed by atoms with E-state index in [9.17, 15) is 4.79 Å². The second kappa shape index (κ2) is 6.66. The minimum absolute atomic E-state index is 0.0119. The fourth-order valence-corrected chi connectivity index (χ4v) is 1.81. The smallest absolute Gasteiger partial charge is 0.178 e. The molecule has 1 aromatic heterocycles. The van der Waals surface area contributed by atoms with Crippen molar-refractivity contribution in [1.29, 1.82) is 0 Å². The van der Waals surface area contributed by atoms with Gasteiger partial charge in [-0.15, -0.1) is 11.3 Å². The molecule has 0 aromatic carbocycles. The van der Waals surface area contributed by atoms with Gasteiger partial charge in [-0.2, -0.15) is 0 Å². The molecule has 15 heavy (non-hydrogen) atoms. The summed E-state index contributed by atoms with van der Waals surface area (Å²) in [7, 11) is 1.64. The van der Waals surface area contributed by atoms with E-state index in [1.54, 1.807) is 12.5 Å². The number of carbonyl (C=O) groups excluding carboxylic acids is 1. The monoisotopic (exact) mass is 229 g/mol. The normalized spacial score (nSPS) is 10.5. The van der Waals surface area contributed by atoms with Crippen LogP contribution in [0.25, 0.3) is 0 Å². The number of rotatable bonds is 7. The lowest BCUT2D eigenvalue weighted by Gasteiger charge is -2.00. The zero-order chi connectivity index (χ0) is 11.1. The first-order valence-corrected chi connectivity index (χ1v) is 5.64. The summed E-state index contributed by atoms with van der Waals surface area (Å²) < 4.78 is 10.2. The topological polar surface area (TPSA) is 48.4 Å². The van der Waals surface area contributed by atoms with Crippen LogP contribution in [0.15, 0.2) is 5.38 Å². The lowest BCUT2D eigenvalue weighted by molar-refractivity contribution is 0.0722. The van der Waals surface area contributed by atoms with E-state index in [0.29, 0.717) is 25.5 Å². The molecule has 0 saturated carbocycles. The second-order valence-electron chi connectivity index (χ2n) is 3.04. The van der Waals surface area contributed by atoms with Crippen LogP contribution in [0.1, 0.15) is 22.4 Å². The minimum atomic E-state index is 0.0119. The molecule has 0 atom stereocenters. The Labute approximate surface area is 93.2 Å². The van der Waals surface area contributed by atoms with Crippen LogP contribution in [0.2, 0.25) is 0 Å². The Balaban J connectivity index is 2.23. The van der Waals surface area contributed by atoms with Gasteiger partial charge in [0.15, 0.2) is 5.78 Å². The van der Waals surface area contributed by atoms with E-state index in [1.165, 1.54) is 18.3 Å². The third kappa shape index (κ3) is 4.51. The second-order valence-corrected chi connectivity index (χ2v) is 3.98. The van der Waals surface area contributed by atoms with Gasteiger partial charge in [0.2, 0.25) is 0 Å². The summed E-state index contributed by atoms with van der Waals surface area (Å²) in [5, 5.41) is 2.73. The van der Waals surface area contributed by atoms with E-state index in [4.69, 9.17) is 9.47 Å². The van der Waals surface area contributed by atoms with Crippen LogP contribution in [0.4, 0.5) is 0 Å². The van der Waals surface area contributed by atoms with Crippen molar-refractivity contribution in [3.8, 4) is 0 Å². The molecule has 0 saturated heterocycles. The van der Waals surface area contributed by atoms with Gasteiger partial charge in [0, 0.05) is 25.8 Å². The fraction of sp³-hybridized carbons (Fsp3) is 0.600. The van der Waals surface area contributed by atoms with Crippen LogP contribution in [0.5, 0.6) is 0 Å². The average Bonchev–Trinajstić information content (AvgIpc) is 2.66. The molecule has 0 amide bonds. The first kappa shape index (κ1) is 12.3. The molecule has 1 rings (SSSR count). The summed E-state index contributed by atoms with van der Waals surface area (Å²) in [6.07, 6.45) is 0.752. The predicted octanol–water partition coefficient (Wildman–Crippen LogP) is 1.55. The van der Waals surface area contributed by atoms with E-state index in [2.05, 4.69) is 4.98 Å². The molecule has 0 aliphatic rings. The SMILES string of the molecule is COCCOCCc1nc(C(C)=O)cs1. The van der Waals surface area contributed by atoms with Gasteiger partial charge in [0.25, 0.3) is 0 Å². The van der Waals surface area contributed by atoms with Crippen molar-refractivity contribution in [1.82, 2.24) is 4.98 Å². The van der Waals surface area contributed by atoms with Crippen molar-refractivity contribution in [2.45, 2.75) is 13.3 Å². The highest BCUT2D eigenvalue weighted by Gasteiger charge is 2.05. The van der Waals surface area contributed by atoms with E-state index in [0.717, 1.165) is 11.4 Å². The molecule has 5 heteroatoms. The summed E-state index contributed by atoms with van der Waals surface area (Å²) in [5.41, 5.74) is 0.548. The number of hydrogen-bond donors (Lipinski definition) is 0. The maximum absolute atomic E-state index is 11.0. The zero-order valence-corrected chi connectivity index (χ0v) is 9.80. The van der Waals surface area contributed by atoms with Crippen molar-refractivity contribution in [2.75, 3.05) is 26.9 Å². The molecule has 1 heterocycles. The number of carbonyl (C=O) groups is 1. The predicted molar refractivity (Wildman–Crippen MR) is 58.5 cm³/mol. The molecule has 84 valence electrons. The molecular formula is C10H15NO3S. The Morgan fingerprint density at radius 3 is 2.87 bits per heavy atom. The highest BCUT2D eigenvalue weighted by atomic mass is 32.1. The number of Topliss-reactive ketones (excluding diaryl/α,β-unsaturated/α-hetero) is 1. The van der Waals surface area contributed by atoms with E-state index in [-0.39, 0.29) is 5.78 Å². The van der Waals surface area contributed by atoms with E-state index >= 15 is 0 Å². The van der Waals surface area contributed by atoms with Crippen molar-refractivity contribution in [3.63, 3.8) is 0 Å². The molecule has 0 spiro atoms. The van der Waals surface area contributed by atoms with Gasteiger partial charge in [0.1, 0.15) is 5.69 Å². The first-order valence-electron chi connectivity index (χ1n) is 4.76. The largest absolute Gasteiger partial charge is 0.382 e. The number of ketones is 1. The van der Waals surface area contributed by atoms with E-state index < -0.39 is 0 Å².